The molecule has 12 heavy (non-hydrogen) atoms. The van der Waals surface area contributed by atoms with Crippen LogP contribution in [0.15, 0.2) is 17.0 Å². The van der Waals surface area contributed by atoms with E-state index in [1.54, 1.807) is 20.9 Å². The summed E-state index contributed by atoms with van der Waals surface area (Å²) in [4.78, 5) is 3.73. The summed E-state index contributed by atoms with van der Waals surface area (Å²) in [6.07, 6.45) is 2.42. The van der Waals surface area contributed by atoms with Gasteiger partial charge >= 0.3 is 0 Å². The Morgan fingerprint density at radius 3 is 2.58 bits per heavy atom. The first kappa shape index (κ1) is 10.6. The van der Waals surface area contributed by atoms with E-state index in [1.807, 2.05) is 0 Å². The molecule has 0 rings (SSSR count). The average molecular weight is 170 g/mol. The van der Waals surface area contributed by atoms with Gasteiger partial charge in [0.25, 0.3) is 0 Å². The summed E-state index contributed by atoms with van der Waals surface area (Å²) < 4.78 is 0. The van der Waals surface area contributed by atoms with Gasteiger partial charge in [0.05, 0.1) is 12.0 Å². The second kappa shape index (κ2) is 5.31. The lowest BCUT2D eigenvalue weighted by atomic mass is 10.5. The van der Waals surface area contributed by atoms with Crippen molar-refractivity contribution in [1.29, 1.82) is 5.41 Å². The highest BCUT2D eigenvalue weighted by Gasteiger charge is 2.06. The topological polar surface area (TPSA) is 71.7 Å². The van der Waals surface area contributed by atoms with E-state index in [-0.39, 0.29) is 5.96 Å². The van der Waals surface area contributed by atoms with Gasteiger partial charge in [-0.15, -0.1) is 0 Å². The van der Waals surface area contributed by atoms with Gasteiger partial charge in [-0.05, 0) is 13.8 Å². The molecule has 5 heteroatoms. The van der Waals surface area contributed by atoms with Gasteiger partial charge < -0.3 is 5.11 Å². The second-order valence-corrected chi connectivity index (χ2v) is 2.04. The number of allylic oxidation sites excluding steroid dienone is 1. The SMILES string of the molecule is C/C=N/C(=N)N(NC)/C(C)=C/O. The zero-order valence-electron chi connectivity index (χ0n) is 7.50. The number of hydrogen-bond donors (Lipinski definition) is 3. The first-order chi connectivity index (χ1) is 5.67. The van der Waals surface area contributed by atoms with Crippen molar-refractivity contribution in [3.8, 4) is 0 Å². The number of aliphatic hydroxyl groups is 1. The van der Waals surface area contributed by atoms with Crippen LogP contribution in [0, 0.1) is 5.41 Å². The molecule has 68 valence electrons. The fourth-order valence-corrected chi connectivity index (χ4v) is 0.687. The molecule has 0 aromatic carbocycles. The standard InChI is InChI=1S/C7H14N4O/c1-4-10-7(8)11(9-3)6(2)5-12/h4-5,8-9,12H,1-3H3/b6-5+,8-7?,10-4+. The van der Waals surface area contributed by atoms with Crippen LogP contribution in [-0.2, 0) is 0 Å². The molecule has 0 spiro atoms. The molecule has 3 N–H and O–H groups in total. The van der Waals surface area contributed by atoms with E-state index in [0.29, 0.717) is 5.70 Å². The van der Waals surface area contributed by atoms with E-state index in [0.717, 1.165) is 6.26 Å². The van der Waals surface area contributed by atoms with Gasteiger partial charge in [-0.1, -0.05) is 0 Å². The first-order valence-electron chi connectivity index (χ1n) is 3.53. The van der Waals surface area contributed by atoms with E-state index < -0.39 is 0 Å². The highest BCUT2D eigenvalue weighted by Crippen LogP contribution is 1.98. The molecule has 0 aliphatic heterocycles. The zero-order valence-corrected chi connectivity index (χ0v) is 7.50. The molecule has 0 unspecified atom stereocenters. The molecular formula is C7H14N4O. The van der Waals surface area contributed by atoms with Crippen LogP contribution in [-0.4, -0.2) is 29.3 Å². The number of hydrazine groups is 1. The van der Waals surface area contributed by atoms with Crippen molar-refractivity contribution in [2.45, 2.75) is 13.8 Å². The van der Waals surface area contributed by atoms with Crippen molar-refractivity contribution in [3.63, 3.8) is 0 Å². The molecule has 0 saturated heterocycles. The Hall–Kier alpha value is -1.36. The number of rotatable bonds is 2. The normalized spacial score (nSPS) is 12.1. The highest BCUT2D eigenvalue weighted by molar-refractivity contribution is 5.85. The number of nitrogens with zero attached hydrogens (tertiary/aromatic N) is 2. The molecule has 0 atom stereocenters. The molecule has 0 saturated carbocycles. The van der Waals surface area contributed by atoms with Crippen LogP contribution in [0.25, 0.3) is 0 Å². The molecular weight excluding hydrogens is 156 g/mol. The van der Waals surface area contributed by atoms with E-state index in [4.69, 9.17) is 10.5 Å². The highest BCUT2D eigenvalue weighted by atomic mass is 16.2. The van der Waals surface area contributed by atoms with E-state index in [2.05, 4.69) is 10.4 Å². The molecule has 0 aliphatic rings. The molecule has 0 heterocycles. The Kier molecular flexibility index (Phi) is 4.71. The summed E-state index contributed by atoms with van der Waals surface area (Å²) in [6, 6.07) is 0. The molecule has 0 bridgehead atoms. The molecule has 0 aromatic heterocycles. The third-order valence-corrected chi connectivity index (χ3v) is 1.23. The average Bonchev–Trinajstić information content (AvgIpc) is 2.06. The molecule has 0 fully saturated rings. The van der Waals surface area contributed by atoms with E-state index >= 15 is 0 Å². The number of nitrogens with one attached hydrogen (secondary N) is 2. The van der Waals surface area contributed by atoms with Crippen molar-refractivity contribution in [1.82, 2.24) is 10.4 Å². The van der Waals surface area contributed by atoms with Crippen LogP contribution < -0.4 is 5.43 Å². The van der Waals surface area contributed by atoms with Gasteiger partial charge in [0.1, 0.15) is 0 Å². The summed E-state index contributed by atoms with van der Waals surface area (Å²) in [5.41, 5.74) is 3.21. The van der Waals surface area contributed by atoms with Crippen LogP contribution in [0.4, 0.5) is 0 Å². The van der Waals surface area contributed by atoms with Gasteiger partial charge in [-0.2, -0.15) is 0 Å². The predicted octanol–water partition coefficient (Wildman–Crippen LogP) is 0.868. The maximum Gasteiger partial charge on any atom is 0.236 e. The summed E-state index contributed by atoms with van der Waals surface area (Å²) in [7, 11) is 1.65. The smallest absolute Gasteiger partial charge is 0.236 e. The summed E-state index contributed by atoms with van der Waals surface area (Å²) in [5, 5.41) is 17.4. The van der Waals surface area contributed by atoms with Crippen molar-refractivity contribution >= 4 is 12.2 Å². The predicted molar refractivity (Wildman–Crippen MR) is 49.2 cm³/mol. The Morgan fingerprint density at radius 1 is 1.67 bits per heavy atom. The van der Waals surface area contributed by atoms with Crippen molar-refractivity contribution < 1.29 is 5.11 Å². The Bertz CT molecular complexity index is 209. The minimum Gasteiger partial charge on any atom is -0.514 e. The minimum absolute atomic E-state index is 0.0304. The minimum atomic E-state index is 0.0304. The van der Waals surface area contributed by atoms with E-state index in [9.17, 15) is 0 Å². The molecule has 0 amide bonds. The van der Waals surface area contributed by atoms with Crippen molar-refractivity contribution in [2.75, 3.05) is 7.05 Å². The van der Waals surface area contributed by atoms with Crippen LogP contribution in [0.1, 0.15) is 13.8 Å². The van der Waals surface area contributed by atoms with Crippen molar-refractivity contribution in [2.24, 2.45) is 4.99 Å². The van der Waals surface area contributed by atoms with E-state index in [1.165, 1.54) is 11.2 Å². The Labute approximate surface area is 71.9 Å². The number of guanidine groups is 1. The third kappa shape index (κ3) is 2.71. The quantitative estimate of drug-likeness (QED) is 0.249. The maximum atomic E-state index is 8.66. The number of hydrogen-bond acceptors (Lipinski definition) is 3. The fourth-order valence-electron chi connectivity index (χ4n) is 0.687. The lowest BCUT2D eigenvalue weighted by Gasteiger charge is -2.20. The molecule has 0 aliphatic carbocycles. The summed E-state index contributed by atoms with van der Waals surface area (Å²) in [6.45, 7) is 3.39. The second-order valence-electron chi connectivity index (χ2n) is 2.04. The van der Waals surface area contributed by atoms with Crippen LogP contribution in [0.3, 0.4) is 0 Å². The summed E-state index contributed by atoms with van der Waals surface area (Å²) in [5.74, 6) is 0.0304. The maximum absolute atomic E-state index is 8.66. The largest absolute Gasteiger partial charge is 0.514 e. The monoisotopic (exact) mass is 170 g/mol. The Balaban J connectivity index is 4.45. The van der Waals surface area contributed by atoms with Crippen LogP contribution in [0.5, 0.6) is 0 Å². The third-order valence-electron chi connectivity index (χ3n) is 1.23. The summed E-state index contributed by atoms with van der Waals surface area (Å²) >= 11 is 0. The lowest BCUT2D eigenvalue weighted by Crippen LogP contribution is -2.37. The van der Waals surface area contributed by atoms with Gasteiger partial charge in [0.15, 0.2) is 0 Å². The zero-order chi connectivity index (χ0) is 9.56. The number of aliphatic imine (C=N–C) groups is 1. The van der Waals surface area contributed by atoms with Gasteiger partial charge in [0.2, 0.25) is 5.96 Å². The molecule has 0 radical (unpaired) electrons. The van der Waals surface area contributed by atoms with Gasteiger partial charge in [-0.3, -0.25) is 5.41 Å². The fraction of sp³-hybridized carbons (Fsp3) is 0.429. The molecule has 5 nitrogen and oxygen atoms in total. The van der Waals surface area contributed by atoms with Gasteiger partial charge in [-0.25, -0.2) is 15.4 Å². The van der Waals surface area contributed by atoms with Gasteiger partial charge in [0, 0.05) is 13.3 Å². The lowest BCUT2D eigenvalue weighted by molar-refractivity contribution is 0.376. The number of aliphatic hydroxyl groups excluding tert-OH is 1. The van der Waals surface area contributed by atoms with Crippen molar-refractivity contribution in [3.05, 3.63) is 12.0 Å². The first-order valence-corrected chi connectivity index (χ1v) is 3.53. The Morgan fingerprint density at radius 2 is 2.25 bits per heavy atom. The van der Waals surface area contributed by atoms with Crippen LogP contribution >= 0.6 is 0 Å². The van der Waals surface area contributed by atoms with Crippen LogP contribution in [0.2, 0.25) is 0 Å². The molecule has 0 aromatic rings.